The van der Waals surface area contributed by atoms with Crippen molar-refractivity contribution >= 4 is 29.7 Å². The number of nitrogens with zero attached hydrogens (tertiary/aromatic N) is 3. The van der Waals surface area contributed by atoms with E-state index in [0.29, 0.717) is 29.9 Å². The van der Waals surface area contributed by atoms with Crippen LogP contribution in [0.3, 0.4) is 0 Å². The van der Waals surface area contributed by atoms with E-state index >= 15 is 0 Å². The highest BCUT2D eigenvalue weighted by Crippen LogP contribution is 2.37. The van der Waals surface area contributed by atoms with Crippen LogP contribution in [0.5, 0.6) is 0 Å². The fourth-order valence-corrected chi connectivity index (χ4v) is 7.43. The molecule has 0 saturated heterocycles. The van der Waals surface area contributed by atoms with Crippen LogP contribution < -0.4 is 10.6 Å². The Bertz CT molecular complexity index is 1760. The second-order valence-electron chi connectivity index (χ2n) is 15.2. The molecule has 0 radical (unpaired) electrons. The van der Waals surface area contributed by atoms with Crippen molar-refractivity contribution in [2.75, 3.05) is 35.3 Å². The third-order valence-corrected chi connectivity index (χ3v) is 10.3. The van der Waals surface area contributed by atoms with E-state index in [-0.39, 0.29) is 17.8 Å². The first kappa shape index (κ1) is 40.3. The summed E-state index contributed by atoms with van der Waals surface area (Å²) < 4.78 is 10.4. The van der Waals surface area contributed by atoms with Crippen molar-refractivity contribution in [1.82, 2.24) is 20.4 Å². The molecule has 0 unspecified atom stereocenters. The lowest BCUT2D eigenvalue weighted by Gasteiger charge is -2.37. The van der Waals surface area contributed by atoms with Crippen LogP contribution in [-0.2, 0) is 36.9 Å². The van der Waals surface area contributed by atoms with Gasteiger partial charge in [0.05, 0.1) is 7.11 Å². The van der Waals surface area contributed by atoms with Crippen LogP contribution in [0.2, 0.25) is 0 Å². The Kier molecular flexibility index (Phi) is 13.8. The van der Waals surface area contributed by atoms with Crippen LogP contribution in [0.4, 0.5) is 0 Å². The van der Waals surface area contributed by atoms with Gasteiger partial charge in [0, 0.05) is 24.2 Å². The molecular formula is C43H55N5O6. The number of amides is 2. The number of ether oxygens (including phenoxy) is 2. The Morgan fingerprint density at radius 1 is 0.759 bits per heavy atom. The molecule has 6 rings (SSSR count). The topological polar surface area (TPSA) is 130 Å². The minimum absolute atomic E-state index is 0.158. The molecule has 0 bridgehead atoms. The lowest BCUT2D eigenvalue weighted by atomic mass is 9.80. The highest BCUT2D eigenvalue weighted by atomic mass is 16.6. The number of hydrogen-bond acceptors (Lipinski definition) is 9. The average molecular weight is 738 g/mol. The molecule has 11 nitrogen and oxygen atoms in total. The monoisotopic (exact) mass is 737 g/mol. The van der Waals surface area contributed by atoms with Gasteiger partial charge in [0.1, 0.15) is 5.54 Å². The number of carbonyl (C=O) groups is 4. The summed E-state index contributed by atoms with van der Waals surface area (Å²) in [5, 5.41) is 5.86. The zero-order valence-corrected chi connectivity index (χ0v) is 32.4. The Morgan fingerprint density at radius 3 is 1.83 bits per heavy atom. The van der Waals surface area contributed by atoms with Crippen LogP contribution in [0.15, 0.2) is 83.9 Å². The summed E-state index contributed by atoms with van der Waals surface area (Å²) >= 11 is 0. The van der Waals surface area contributed by atoms with E-state index in [2.05, 4.69) is 37.6 Å². The molecule has 1 spiro atoms. The summed E-state index contributed by atoms with van der Waals surface area (Å²) in [7, 11) is 9.36. The highest BCUT2D eigenvalue weighted by molar-refractivity contribution is 6.08. The summed E-state index contributed by atoms with van der Waals surface area (Å²) in [6.07, 6.45) is 8.66. The number of nitrogens with one attached hydrogen (secondary N) is 2. The lowest BCUT2D eigenvalue weighted by Crippen LogP contribution is -2.60. The van der Waals surface area contributed by atoms with Crippen molar-refractivity contribution in [2.24, 2.45) is 4.99 Å². The molecule has 2 N–H and O–H groups in total. The van der Waals surface area contributed by atoms with Crippen molar-refractivity contribution in [3.63, 3.8) is 0 Å². The maximum Gasteiger partial charge on any atom is 0.340 e. The van der Waals surface area contributed by atoms with E-state index in [4.69, 9.17) is 9.47 Å². The SMILES string of the molecule is CN(C)Cc1ccc(C2=NC3(CCCCC3)C(=O)O2)cc1.COC(=O)[C@@H](NC(=O)C1(NC(=O)c2ccc(CN(C)C)cc2)CCCCC1)c1ccccc1. The zero-order chi connectivity index (χ0) is 38.7. The van der Waals surface area contributed by atoms with Crippen molar-refractivity contribution in [3.05, 3.63) is 107 Å². The first-order valence-corrected chi connectivity index (χ1v) is 19.0. The number of rotatable bonds is 11. The Morgan fingerprint density at radius 2 is 1.30 bits per heavy atom. The van der Waals surface area contributed by atoms with E-state index < -0.39 is 23.1 Å². The van der Waals surface area contributed by atoms with Crippen LogP contribution in [0, 0.1) is 0 Å². The first-order chi connectivity index (χ1) is 25.9. The molecular weight excluding hydrogens is 683 g/mol. The Hall–Kier alpha value is -4.87. The number of aliphatic imine (C=N–C) groups is 1. The van der Waals surface area contributed by atoms with Crippen LogP contribution in [0.1, 0.15) is 103 Å². The summed E-state index contributed by atoms with van der Waals surface area (Å²) in [5.41, 5.74) is 2.71. The minimum Gasteiger partial charge on any atom is -0.467 e. The van der Waals surface area contributed by atoms with Crippen LogP contribution in [-0.4, -0.2) is 85.8 Å². The van der Waals surface area contributed by atoms with Crippen molar-refractivity contribution < 1.29 is 28.7 Å². The molecule has 0 aromatic heterocycles. The van der Waals surface area contributed by atoms with Gasteiger partial charge >= 0.3 is 11.9 Å². The van der Waals surface area contributed by atoms with Gasteiger partial charge in [-0.15, -0.1) is 0 Å². The molecule has 1 aliphatic heterocycles. The average Bonchev–Trinajstić information content (AvgIpc) is 3.48. The van der Waals surface area contributed by atoms with Crippen molar-refractivity contribution in [3.8, 4) is 0 Å². The van der Waals surface area contributed by atoms with Crippen molar-refractivity contribution in [1.29, 1.82) is 0 Å². The quantitative estimate of drug-likeness (QED) is 0.231. The highest BCUT2D eigenvalue weighted by Gasteiger charge is 2.47. The molecule has 2 aliphatic carbocycles. The second-order valence-corrected chi connectivity index (χ2v) is 15.2. The molecule has 54 heavy (non-hydrogen) atoms. The minimum atomic E-state index is -1.07. The summed E-state index contributed by atoms with van der Waals surface area (Å²) in [6, 6.07) is 23.6. The predicted octanol–water partition coefficient (Wildman–Crippen LogP) is 5.97. The van der Waals surface area contributed by atoms with E-state index in [0.717, 1.165) is 69.2 Å². The number of benzene rings is 3. The van der Waals surface area contributed by atoms with Crippen molar-refractivity contribution in [2.45, 2.75) is 94.4 Å². The molecule has 1 heterocycles. The number of hydrogen-bond donors (Lipinski definition) is 2. The zero-order valence-electron chi connectivity index (χ0n) is 32.4. The van der Waals surface area contributed by atoms with Gasteiger partial charge in [-0.05, 0) is 94.8 Å². The Balaban J connectivity index is 0.000000228. The van der Waals surface area contributed by atoms with Gasteiger partial charge in [0.25, 0.3) is 5.91 Å². The molecule has 3 aromatic carbocycles. The first-order valence-electron chi connectivity index (χ1n) is 19.0. The van der Waals surface area contributed by atoms with Gasteiger partial charge in [-0.1, -0.05) is 93.1 Å². The maximum absolute atomic E-state index is 13.5. The van der Waals surface area contributed by atoms with E-state index in [1.165, 1.54) is 19.1 Å². The molecule has 2 amide bonds. The van der Waals surface area contributed by atoms with Crippen LogP contribution >= 0.6 is 0 Å². The smallest absolute Gasteiger partial charge is 0.340 e. The van der Waals surface area contributed by atoms with Gasteiger partial charge in [-0.3, -0.25) is 9.59 Å². The molecule has 1 atom stereocenters. The summed E-state index contributed by atoms with van der Waals surface area (Å²) in [6.45, 7) is 1.68. The van der Waals surface area contributed by atoms with Gasteiger partial charge in [-0.2, -0.15) is 0 Å². The third-order valence-electron chi connectivity index (χ3n) is 10.3. The molecule has 2 saturated carbocycles. The molecule has 11 heteroatoms. The maximum atomic E-state index is 13.5. The van der Waals surface area contributed by atoms with Crippen LogP contribution in [0.25, 0.3) is 0 Å². The summed E-state index contributed by atoms with van der Waals surface area (Å²) in [4.78, 5) is 60.1. The lowest BCUT2D eigenvalue weighted by molar-refractivity contribution is -0.146. The Labute approximate surface area is 319 Å². The fourth-order valence-electron chi connectivity index (χ4n) is 7.43. The number of esters is 2. The van der Waals surface area contributed by atoms with Gasteiger partial charge in [0.2, 0.25) is 11.8 Å². The molecule has 3 aromatic rings. The molecule has 3 aliphatic rings. The number of carbonyl (C=O) groups excluding carboxylic acids is 4. The molecule has 2 fully saturated rings. The molecule has 288 valence electrons. The number of methoxy groups -OCH3 is 1. The van der Waals surface area contributed by atoms with E-state index in [1.807, 2.05) is 58.5 Å². The third kappa shape index (κ3) is 10.2. The summed E-state index contributed by atoms with van der Waals surface area (Å²) in [5.74, 6) is -0.868. The number of cyclic esters (lactones) is 1. The largest absolute Gasteiger partial charge is 0.467 e. The van der Waals surface area contributed by atoms with Gasteiger partial charge < -0.3 is 29.9 Å². The van der Waals surface area contributed by atoms with E-state index in [1.54, 1.807) is 36.4 Å². The van der Waals surface area contributed by atoms with Gasteiger partial charge in [-0.25, -0.2) is 14.6 Å². The standard InChI is InChI=1S/C26H33N3O4.C17H22N2O2/c1-29(2)18-19-12-14-21(15-13-19)23(30)28-26(16-8-5-9-17-26)25(32)27-22(24(31)33-3)20-10-6-4-7-11-20;1-19(2)12-13-6-8-14(9-7-13)15-18-17(16(20)21-15)10-4-3-5-11-17/h4,6-7,10-15,22H,5,8-9,16-18H2,1-3H3,(H,27,32)(H,28,30);6-9H,3-5,10-12H2,1-2H3/t22-;/m0./s1. The second kappa shape index (κ2) is 18.4. The van der Waals surface area contributed by atoms with E-state index in [9.17, 15) is 19.2 Å². The fraction of sp³-hybridized carbons (Fsp3) is 0.465. The predicted molar refractivity (Wildman–Crippen MR) is 209 cm³/mol. The van der Waals surface area contributed by atoms with Gasteiger partial charge in [0.15, 0.2) is 11.6 Å². The normalized spacial score (nSPS) is 17.8.